The largest absolute Gasteiger partial charge is 0.405 e. The lowest BCUT2D eigenvalue weighted by atomic mass is 9.94. The molecule has 2 unspecified atom stereocenters. The van der Waals surface area contributed by atoms with Crippen LogP contribution < -0.4 is 11.1 Å². The number of primary amides is 1. The van der Waals surface area contributed by atoms with Crippen LogP contribution in [-0.2, 0) is 22.6 Å². The molecule has 1 aliphatic heterocycles. The lowest BCUT2D eigenvalue weighted by Crippen LogP contribution is -2.59. The molecule has 0 radical (unpaired) electrons. The van der Waals surface area contributed by atoms with Gasteiger partial charge in [0.2, 0.25) is 11.8 Å². The van der Waals surface area contributed by atoms with Crippen molar-refractivity contribution in [2.24, 2.45) is 11.7 Å². The predicted molar refractivity (Wildman–Crippen MR) is 126 cm³/mol. The molecule has 2 amide bonds. The lowest BCUT2D eigenvalue weighted by molar-refractivity contribution is -0.143. The van der Waals surface area contributed by atoms with Gasteiger partial charge in [-0.15, -0.1) is 0 Å². The first-order valence-corrected chi connectivity index (χ1v) is 11.7. The number of rotatable bonds is 11. The van der Waals surface area contributed by atoms with E-state index < -0.39 is 24.7 Å². The summed E-state index contributed by atoms with van der Waals surface area (Å²) in [6.45, 7) is 1.20. The van der Waals surface area contributed by atoms with Gasteiger partial charge < -0.3 is 11.1 Å². The Morgan fingerprint density at radius 3 is 2.51 bits per heavy atom. The minimum atomic E-state index is -4.48. The van der Waals surface area contributed by atoms with E-state index in [2.05, 4.69) is 4.98 Å². The number of halogens is 3. The average Bonchev–Trinajstić information content (AvgIpc) is 2.83. The molecule has 10 heteroatoms. The second-order valence-electron chi connectivity index (χ2n) is 8.91. The van der Waals surface area contributed by atoms with E-state index >= 15 is 0 Å². The molecule has 2 atom stereocenters. The van der Waals surface area contributed by atoms with Crippen molar-refractivity contribution in [2.45, 2.75) is 38.0 Å². The van der Waals surface area contributed by atoms with Crippen molar-refractivity contribution in [1.29, 1.82) is 0 Å². The van der Waals surface area contributed by atoms with E-state index in [0.717, 1.165) is 11.1 Å². The van der Waals surface area contributed by atoms with Crippen LogP contribution in [0.25, 0.3) is 0 Å². The van der Waals surface area contributed by atoms with Gasteiger partial charge >= 0.3 is 6.18 Å². The van der Waals surface area contributed by atoms with Gasteiger partial charge in [-0.25, -0.2) is 0 Å². The minimum Gasteiger partial charge on any atom is -0.369 e. The Labute approximate surface area is 203 Å². The van der Waals surface area contributed by atoms with E-state index in [1.807, 2.05) is 57.6 Å². The molecule has 1 aromatic heterocycles. The van der Waals surface area contributed by atoms with Gasteiger partial charge in [0, 0.05) is 44.5 Å². The maximum Gasteiger partial charge on any atom is 0.405 e. The molecule has 7 nitrogen and oxygen atoms in total. The van der Waals surface area contributed by atoms with Crippen LogP contribution in [0.2, 0.25) is 0 Å². The van der Waals surface area contributed by atoms with Gasteiger partial charge in [0.05, 0.1) is 0 Å². The number of carbonyl (C=O) groups excluding carboxylic acids is 2. The summed E-state index contributed by atoms with van der Waals surface area (Å²) >= 11 is 0. The molecule has 35 heavy (non-hydrogen) atoms. The second-order valence-corrected chi connectivity index (χ2v) is 8.91. The highest BCUT2D eigenvalue weighted by molar-refractivity contribution is 5.82. The summed E-state index contributed by atoms with van der Waals surface area (Å²) in [7, 11) is 0. The quantitative estimate of drug-likeness (QED) is 0.504. The Morgan fingerprint density at radius 2 is 1.86 bits per heavy atom. The first-order valence-electron chi connectivity index (χ1n) is 11.7. The third-order valence-corrected chi connectivity index (χ3v) is 6.20. The maximum atomic E-state index is 12.7. The lowest BCUT2D eigenvalue weighted by Gasteiger charge is -2.40. The van der Waals surface area contributed by atoms with Gasteiger partial charge in [-0.05, 0) is 43.0 Å². The molecule has 190 valence electrons. The van der Waals surface area contributed by atoms with Gasteiger partial charge in [-0.1, -0.05) is 36.4 Å². The molecule has 1 fully saturated rings. The predicted octanol–water partition coefficient (Wildman–Crippen LogP) is 2.37. The molecule has 3 rings (SSSR count). The first kappa shape index (κ1) is 26.6. The topological polar surface area (TPSA) is 91.6 Å². The third kappa shape index (κ3) is 8.95. The standard InChI is InChI=1S/C25H32F3N5O2/c26-25(27,28)18-31-24(35)22-17-32(16-20-8-4-10-30-15-20)12-13-33(22)11-5-9-21(23(29)34)14-19-6-2-1-3-7-19/h1-4,6-8,10,15,21-22H,5,9,11-14,16-18H2,(H2,29,34)(H,31,35). The van der Waals surface area contributed by atoms with Crippen LogP contribution in [0.1, 0.15) is 24.0 Å². The van der Waals surface area contributed by atoms with Crippen molar-refractivity contribution in [3.63, 3.8) is 0 Å². The molecule has 1 aliphatic rings. The van der Waals surface area contributed by atoms with Crippen molar-refractivity contribution in [3.05, 3.63) is 66.0 Å². The molecular formula is C25H32F3N5O2. The van der Waals surface area contributed by atoms with E-state index in [1.54, 1.807) is 12.4 Å². The van der Waals surface area contributed by atoms with Crippen LogP contribution in [0.5, 0.6) is 0 Å². The number of pyridine rings is 1. The zero-order valence-electron chi connectivity index (χ0n) is 19.6. The molecular weight excluding hydrogens is 459 g/mol. The zero-order valence-corrected chi connectivity index (χ0v) is 19.6. The summed E-state index contributed by atoms with van der Waals surface area (Å²) in [5.41, 5.74) is 7.61. The number of piperazine rings is 1. The second kappa shape index (κ2) is 12.6. The fourth-order valence-corrected chi connectivity index (χ4v) is 4.38. The minimum absolute atomic E-state index is 0.307. The van der Waals surface area contributed by atoms with E-state index in [-0.39, 0.29) is 11.8 Å². The summed E-state index contributed by atoms with van der Waals surface area (Å²) in [6, 6.07) is 12.6. The zero-order chi connectivity index (χ0) is 25.3. The van der Waals surface area contributed by atoms with Crippen LogP contribution in [0, 0.1) is 5.92 Å². The van der Waals surface area contributed by atoms with Crippen LogP contribution in [0.15, 0.2) is 54.9 Å². The van der Waals surface area contributed by atoms with Gasteiger partial charge in [0.1, 0.15) is 12.6 Å². The van der Waals surface area contributed by atoms with Crippen LogP contribution in [-0.4, -0.2) is 71.5 Å². The van der Waals surface area contributed by atoms with Gasteiger partial charge in [-0.2, -0.15) is 13.2 Å². The van der Waals surface area contributed by atoms with Crippen molar-refractivity contribution >= 4 is 11.8 Å². The van der Waals surface area contributed by atoms with Crippen LogP contribution in [0.3, 0.4) is 0 Å². The van der Waals surface area contributed by atoms with E-state index in [9.17, 15) is 22.8 Å². The summed E-state index contributed by atoms with van der Waals surface area (Å²) in [6.07, 6.45) is 0.609. The smallest absolute Gasteiger partial charge is 0.369 e. The summed E-state index contributed by atoms with van der Waals surface area (Å²) in [5.74, 6) is -1.37. The summed E-state index contributed by atoms with van der Waals surface area (Å²) in [4.78, 5) is 32.8. The number of alkyl halides is 3. The van der Waals surface area contributed by atoms with Crippen LogP contribution >= 0.6 is 0 Å². The SMILES string of the molecule is NC(=O)C(CCCN1CCN(Cc2cccnc2)CC1C(=O)NCC(F)(F)F)Cc1ccccc1. The normalized spacial score (nSPS) is 18.2. The van der Waals surface area contributed by atoms with E-state index in [0.29, 0.717) is 52.0 Å². The van der Waals surface area contributed by atoms with Crippen LogP contribution in [0.4, 0.5) is 13.2 Å². The Kier molecular flexibility index (Phi) is 9.62. The van der Waals surface area contributed by atoms with Gasteiger partial charge in [0.25, 0.3) is 0 Å². The Balaban J connectivity index is 1.60. The maximum absolute atomic E-state index is 12.7. The Morgan fingerprint density at radius 1 is 1.11 bits per heavy atom. The molecule has 2 aromatic rings. The molecule has 3 N–H and O–H groups in total. The molecule has 0 saturated carbocycles. The number of carbonyl (C=O) groups is 2. The molecule has 0 bridgehead atoms. The number of hydrogen-bond donors (Lipinski definition) is 2. The summed E-state index contributed by atoms with van der Waals surface area (Å²) < 4.78 is 38.1. The molecule has 0 aliphatic carbocycles. The fraction of sp³-hybridized carbons (Fsp3) is 0.480. The average molecular weight is 492 g/mol. The Hall–Kier alpha value is -2.98. The van der Waals surface area contributed by atoms with Crippen molar-refractivity contribution in [2.75, 3.05) is 32.7 Å². The highest BCUT2D eigenvalue weighted by Gasteiger charge is 2.35. The number of nitrogens with zero attached hydrogens (tertiary/aromatic N) is 3. The number of benzene rings is 1. The van der Waals surface area contributed by atoms with E-state index in [1.165, 1.54) is 0 Å². The number of hydrogen-bond acceptors (Lipinski definition) is 5. The summed E-state index contributed by atoms with van der Waals surface area (Å²) in [5, 5.41) is 2.04. The van der Waals surface area contributed by atoms with Crippen molar-refractivity contribution < 1.29 is 22.8 Å². The first-order chi connectivity index (χ1) is 16.7. The molecule has 1 aromatic carbocycles. The van der Waals surface area contributed by atoms with E-state index in [4.69, 9.17) is 5.73 Å². The number of nitrogens with two attached hydrogens (primary N) is 1. The Bertz CT molecular complexity index is 943. The molecule has 1 saturated heterocycles. The monoisotopic (exact) mass is 491 g/mol. The third-order valence-electron chi connectivity index (χ3n) is 6.20. The highest BCUT2D eigenvalue weighted by Crippen LogP contribution is 2.19. The number of aromatic nitrogens is 1. The van der Waals surface area contributed by atoms with Gasteiger partial charge in [-0.3, -0.25) is 24.4 Å². The van der Waals surface area contributed by atoms with Gasteiger partial charge in [0.15, 0.2) is 0 Å². The fourth-order valence-electron chi connectivity index (χ4n) is 4.38. The number of nitrogens with one attached hydrogen (secondary N) is 1. The molecule has 2 heterocycles. The van der Waals surface area contributed by atoms with Crippen molar-refractivity contribution in [1.82, 2.24) is 20.1 Å². The highest BCUT2D eigenvalue weighted by atomic mass is 19.4. The van der Waals surface area contributed by atoms with Crippen molar-refractivity contribution in [3.8, 4) is 0 Å². The molecule has 0 spiro atoms. The number of amides is 2.